The Bertz CT molecular complexity index is 1240. The lowest BCUT2D eigenvalue weighted by molar-refractivity contribution is 0.0662. The number of para-hydroxylation sites is 1. The molecule has 0 aliphatic carbocycles. The van der Waals surface area contributed by atoms with E-state index in [1.54, 1.807) is 31.8 Å². The molecule has 5 rings (SSSR count). The van der Waals surface area contributed by atoms with Crippen LogP contribution in [0.1, 0.15) is 29.2 Å². The molecule has 4 heterocycles. The number of rotatable bonds is 6. The number of benzene rings is 1. The predicted octanol–water partition coefficient (Wildman–Crippen LogP) is 3.02. The Labute approximate surface area is 190 Å². The molecule has 1 saturated heterocycles. The molecule has 0 spiro atoms. The molecule has 1 aliphatic heterocycles. The van der Waals surface area contributed by atoms with E-state index in [2.05, 4.69) is 30.3 Å². The first-order valence-corrected chi connectivity index (χ1v) is 10.8. The number of methoxy groups -OCH3 is 1. The number of amides is 1. The van der Waals surface area contributed by atoms with Crippen molar-refractivity contribution in [2.75, 3.05) is 20.2 Å². The Morgan fingerprint density at radius 1 is 1.27 bits per heavy atom. The minimum atomic E-state index is -0.0703. The van der Waals surface area contributed by atoms with Gasteiger partial charge >= 0.3 is 0 Å². The van der Waals surface area contributed by atoms with Crippen LogP contribution in [0.5, 0.6) is 5.75 Å². The van der Waals surface area contributed by atoms with Crippen LogP contribution in [0.4, 0.5) is 0 Å². The number of ether oxygens (including phenoxy) is 1. The van der Waals surface area contributed by atoms with E-state index in [-0.39, 0.29) is 11.8 Å². The number of piperidine rings is 1. The van der Waals surface area contributed by atoms with E-state index >= 15 is 0 Å². The molecule has 0 bridgehead atoms. The molecule has 10 heteroatoms. The summed E-state index contributed by atoms with van der Waals surface area (Å²) in [5, 5.41) is 11.2. The molecule has 168 valence electrons. The fourth-order valence-electron chi connectivity index (χ4n) is 4.12. The van der Waals surface area contributed by atoms with Crippen molar-refractivity contribution in [2.45, 2.75) is 19.3 Å². The van der Waals surface area contributed by atoms with Gasteiger partial charge in [-0.3, -0.25) is 14.9 Å². The second kappa shape index (κ2) is 9.19. The fraction of sp³-hybridized carbons (Fsp3) is 0.304. The molecule has 1 N–H and O–H groups in total. The van der Waals surface area contributed by atoms with Crippen molar-refractivity contribution in [3.05, 3.63) is 60.5 Å². The molecule has 1 amide bonds. The van der Waals surface area contributed by atoms with E-state index in [1.807, 2.05) is 29.2 Å². The first-order chi connectivity index (χ1) is 16.2. The minimum Gasteiger partial charge on any atom is -0.496 e. The summed E-state index contributed by atoms with van der Waals surface area (Å²) in [5.74, 6) is 1.83. The molecule has 1 atom stereocenters. The Balaban J connectivity index is 1.25. The Morgan fingerprint density at radius 2 is 2.18 bits per heavy atom. The summed E-state index contributed by atoms with van der Waals surface area (Å²) in [6.45, 7) is 1.32. The molecule has 1 aromatic carbocycles. The van der Waals surface area contributed by atoms with Crippen LogP contribution >= 0.6 is 0 Å². The molecule has 33 heavy (non-hydrogen) atoms. The summed E-state index contributed by atoms with van der Waals surface area (Å²) in [6.07, 6.45) is 7.28. The van der Waals surface area contributed by atoms with E-state index in [4.69, 9.17) is 9.26 Å². The number of hydrogen-bond acceptors (Lipinski definition) is 8. The maximum absolute atomic E-state index is 13.1. The molecule has 3 aromatic heterocycles. The van der Waals surface area contributed by atoms with Gasteiger partial charge in [0.25, 0.3) is 5.91 Å². The highest BCUT2D eigenvalue weighted by atomic mass is 16.5. The maximum atomic E-state index is 13.1. The second-order valence-electron chi connectivity index (χ2n) is 7.93. The van der Waals surface area contributed by atoms with Crippen molar-refractivity contribution in [1.29, 1.82) is 0 Å². The topological polar surface area (TPSA) is 123 Å². The van der Waals surface area contributed by atoms with Gasteiger partial charge in [-0.1, -0.05) is 17.3 Å². The Hall–Kier alpha value is -4.08. The highest BCUT2D eigenvalue weighted by Crippen LogP contribution is 2.29. The molecule has 1 fully saturated rings. The van der Waals surface area contributed by atoms with Gasteiger partial charge in [0.2, 0.25) is 11.7 Å². The van der Waals surface area contributed by atoms with Gasteiger partial charge in [-0.25, -0.2) is 4.98 Å². The van der Waals surface area contributed by atoms with E-state index in [9.17, 15) is 4.79 Å². The van der Waals surface area contributed by atoms with Crippen LogP contribution in [0.25, 0.3) is 22.8 Å². The molecular formula is C23H23N7O3. The number of carbonyl (C=O) groups excluding carboxylic acids is 1. The van der Waals surface area contributed by atoms with Crippen LogP contribution in [0.2, 0.25) is 0 Å². The SMILES string of the molecule is COc1ccccc1-c1cc(C(=O)N2CCCC(Cc3nc(-c4cnccn4)no3)C2)[nH]n1. The normalized spacial score (nSPS) is 16.0. The number of aromatic amines is 1. The first-order valence-electron chi connectivity index (χ1n) is 10.8. The van der Waals surface area contributed by atoms with Gasteiger partial charge in [-0.05, 0) is 37.0 Å². The maximum Gasteiger partial charge on any atom is 0.271 e. The molecule has 0 radical (unpaired) electrons. The number of nitrogens with one attached hydrogen (secondary N) is 1. The van der Waals surface area contributed by atoms with Crippen LogP contribution in [0, 0.1) is 5.92 Å². The summed E-state index contributed by atoms with van der Waals surface area (Å²) in [7, 11) is 1.62. The summed E-state index contributed by atoms with van der Waals surface area (Å²) in [6, 6.07) is 9.37. The third kappa shape index (κ3) is 4.45. The lowest BCUT2D eigenvalue weighted by Gasteiger charge is -2.31. The number of hydrogen-bond donors (Lipinski definition) is 1. The highest BCUT2D eigenvalue weighted by molar-refractivity contribution is 5.93. The molecular weight excluding hydrogens is 422 g/mol. The standard InChI is InChI=1S/C23H23N7O3/c1-32-20-7-3-2-6-16(20)17-12-18(28-27-17)23(31)30-10-4-5-15(14-30)11-21-26-22(29-33-21)19-13-24-8-9-25-19/h2-3,6-9,12-13,15H,4-5,10-11,14H2,1H3,(H,27,28). The number of nitrogens with zero attached hydrogens (tertiary/aromatic N) is 6. The molecule has 1 unspecified atom stereocenters. The average Bonchev–Trinajstić information content (AvgIpc) is 3.54. The van der Waals surface area contributed by atoms with Crippen LogP contribution in [-0.2, 0) is 6.42 Å². The number of carbonyl (C=O) groups is 1. The lowest BCUT2D eigenvalue weighted by Crippen LogP contribution is -2.40. The summed E-state index contributed by atoms with van der Waals surface area (Å²) in [5.41, 5.74) is 2.53. The zero-order chi connectivity index (χ0) is 22.6. The van der Waals surface area contributed by atoms with Crippen LogP contribution < -0.4 is 4.74 Å². The highest BCUT2D eigenvalue weighted by Gasteiger charge is 2.27. The zero-order valence-corrected chi connectivity index (χ0v) is 18.1. The van der Waals surface area contributed by atoms with Crippen LogP contribution in [0.15, 0.2) is 53.4 Å². The van der Waals surface area contributed by atoms with Crippen molar-refractivity contribution >= 4 is 5.91 Å². The summed E-state index contributed by atoms with van der Waals surface area (Å²) in [4.78, 5) is 27.7. The monoisotopic (exact) mass is 445 g/mol. The van der Waals surface area contributed by atoms with Crippen LogP contribution in [-0.4, -0.2) is 61.3 Å². The molecule has 4 aromatic rings. The second-order valence-corrected chi connectivity index (χ2v) is 7.93. The molecule has 10 nitrogen and oxygen atoms in total. The van der Waals surface area contributed by atoms with Crippen molar-refractivity contribution in [1.82, 2.24) is 35.2 Å². The van der Waals surface area contributed by atoms with Crippen molar-refractivity contribution in [2.24, 2.45) is 5.92 Å². The van der Waals surface area contributed by atoms with Gasteiger partial charge in [0, 0.05) is 37.5 Å². The zero-order valence-electron chi connectivity index (χ0n) is 18.1. The largest absolute Gasteiger partial charge is 0.496 e. The molecule has 1 aliphatic rings. The molecule has 0 saturated carbocycles. The lowest BCUT2D eigenvalue weighted by atomic mass is 9.94. The van der Waals surface area contributed by atoms with E-state index < -0.39 is 0 Å². The first kappa shape index (κ1) is 20.8. The van der Waals surface area contributed by atoms with E-state index in [1.165, 1.54) is 0 Å². The van der Waals surface area contributed by atoms with Gasteiger partial charge in [0.15, 0.2) is 0 Å². The van der Waals surface area contributed by atoms with Crippen LogP contribution in [0.3, 0.4) is 0 Å². The van der Waals surface area contributed by atoms with Gasteiger partial charge < -0.3 is 14.2 Å². The van der Waals surface area contributed by atoms with Gasteiger partial charge in [0.1, 0.15) is 17.1 Å². The van der Waals surface area contributed by atoms with Gasteiger partial charge in [0.05, 0.1) is 19.0 Å². The Kier molecular flexibility index (Phi) is 5.79. The fourth-order valence-corrected chi connectivity index (χ4v) is 4.12. The Morgan fingerprint density at radius 3 is 3.03 bits per heavy atom. The number of H-pyrrole nitrogens is 1. The quantitative estimate of drug-likeness (QED) is 0.480. The van der Waals surface area contributed by atoms with E-state index in [0.29, 0.717) is 54.1 Å². The smallest absolute Gasteiger partial charge is 0.271 e. The third-order valence-electron chi connectivity index (χ3n) is 5.72. The van der Waals surface area contributed by atoms with Gasteiger partial charge in [-0.15, -0.1) is 0 Å². The summed E-state index contributed by atoms with van der Waals surface area (Å²) < 4.78 is 10.8. The van der Waals surface area contributed by atoms with E-state index in [0.717, 1.165) is 18.4 Å². The predicted molar refractivity (Wildman–Crippen MR) is 118 cm³/mol. The number of aromatic nitrogens is 6. The van der Waals surface area contributed by atoms with Crippen molar-refractivity contribution in [3.63, 3.8) is 0 Å². The van der Waals surface area contributed by atoms with Gasteiger partial charge in [-0.2, -0.15) is 10.1 Å². The van der Waals surface area contributed by atoms with Crippen molar-refractivity contribution < 1.29 is 14.1 Å². The third-order valence-corrected chi connectivity index (χ3v) is 5.72. The minimum absolute atomic E-state index is 0.0703. The van der Waals surface area contributed by atoms with Crippen molar-refractivity contribution in [3.8, 4) is 28.5 Å². The number of likely N-dealkylation sites (tertiary alicyclic amines) is 1. The average molecular weight is 445 g/mol. The summed E-state index contributed by atoms with van der Waals surface area (Å²) >= 11 is 0.